The van der Waals surface area contributed by atoms with E-state index in [9.17, 15) is 0 Å². The molecule has 108 valence electrons. The van der Waals surface area contributed by atoms with Gasteiger partial charge in [0.25, 0.3) is 0 Å². The van der Waals surface area contributed by atoms with Crippen LogP contribution >= 0.6 is 0 Å². The molecule has 21 heavy (non-hydrogen) atoms. The summed E-state index contributed by atoms with van der Waals surface area (Å²) in [5, 5.41) is 7.67. The van der Waals surface area contributed by atoms with Gasteiger partial charge in [-0.15, -0.1) is 0 Å². The summed E-state index contributed by atoms with van der Waals surface area (Å²) in [5.41, 5.74) is 7.33. The Morgan fingerprint density at radius 1 is 1.05 bits per heavy atom. The molecule has 0 radical (unpaired) electrons. The van der Waals surface area contributed by atoms with Gasteiger partial charge in [0.15, 0.2) is 0 Å². The number of nitrogens with zero attached hydrogens (tertiary/aromatic N) is 4. The minimum absolute atomic E-state index is 0.0829. The Kier molecular flexibility index (Phi) is 3.68. The van der Waals surface area contributed by atoms with Gasteiger partial charge in [-0.2, -0.15) is 0 Å². The van der Waals surface area contributed by atoms with Crippen LogP contribution in [0.3, 0.4) is 0 Å². The second-order valence-corrected chi connectivity index (χ2v) is 4.97. The highest BCUT2D eigenvalue weighted by Gasteiger charge is 2.20. The third-order valence-electron chi connectivity index (χ3n) is 3.68. The zero-order chi connectivity index (χ0) is 14.7. The maximum atomic E-state index is 7.67. The Bertz CT molecular complexity index is 619. The lowest BCUT2D eigenvalue weighted by Gasteiger charge is -2.37. The molecule has 2 aromatic heterocycles. The SMILES string of the molecule is N=C(N)c1ccncc1N1CCN(c2ccccn2)CC1. The number of pyridine rings is 2. The molecule has 0 atom stereocenters. The molecule has 0 amide bonds. The molecule has 3 N–H and O–H groups in total. The molecular formula is C15H18N6. The molecule has 3 rings (SSSR count). The van der Waals surface area contributed by atoms with Crippen molar-refractivity contribution in [1.29, 1.82) is 5.41 Å². The quantitative estimate of drug-likeness (QED) is 0.650. The Morgan fingerprint density at radius 3 is 2.48 bits per heavy atom. The van der Waals surface area contributed by atoms with Crippen LogP contribution in [-0.2, 0) is 0 Å². The molecule has 1 aliphatic heterocycles. The van der Waals surface area contributed by atoms with Crippen LogP contribution in [0.1, 0.15) is 5.56 Å². The van der Waals surface area contributed by atoms with Crippen molar-refractivity contribution in [3.63, 3.8) is 0 Å². The first kappa shape index (κ1) is 13.4. The van der Waals surface area contributed by atoms with Crippen LogP contribution in [-0.4, -0.2) is 42.0 Å². The number of nitrogens with one attached hydrogen (secondary N) is 1. The summed E-state index contributed by atoms with van der Waals surface area (Å²) in [5.74, 6) is 1.09. The first-order valence-electron chi connectivity index (χ1n) is 6.95. The number of piperazine rings is 1. The van der Waals surface area contributed by atoms with Crippen molar-refractivity contribution >= 4 is 17.3 Å². The van der Waals surface area contributed by atoms with Gasteiger partial charge in [-0.25, -0.2) is 4.98 Å². The van der Waals surface area contributed by atoms with Crippen LogP contribution in [0.5, 0.6) is 0 Å². The molecule has 0 unspecified atom stereocenters. The number of amidine groups is 1. The molecule has 1 fully saturated rings. The highest BCUT2D eigenvalue weighted by molar-refractivity contribution is 6.00. The molecule has 6 nitrogen and oxygen atoms in total. The zero-order valence-electron chi connectivity index (χ0n) is 11.7. The molecule has 3 heterocycles. The van der Waals surface area contributed by atoms with Crippen molar-refractivity contribution in [2.24, 2.45) is 5.73 Å². The van der Waals surface area contributed by atoms with Crippen molar-refractivity contribution < 1.29 is 0 Å². The molecule has 6 heteroatoms. The standard InChI is InChI=1S/C15H18N6/c16-15(17)12-4-6-18-11-13(12)20-7-9-21(10-8-20)14-3-1-2-5-19-14/h1-6,11H,7-10H2,(H3,16,17). The first-order valence-corrected chi connectivity index (χ1v) is 6.95. The van der Waals surface area contributed by atoms with Gasteiger partial charge in [-0.05, 0) is 18.2 Å². The van der Waals surface area contributed by atoms with Gasteiger partial charge in [0.05, 0.1) is 11.9 Å². The van der Waals surface area contributed by atoms with Gasteiger partial charge in [-0.3, -0.25) is 10.4 Å². The molecular weight excluding hydrogens is 264 g/mol. The number of anilines is 2. The lowest BCUT2D eigenvalue weighted by Crippen LogP contribution is -2.47. The van der Waals surface area contributed by atoms with E-state index < -0.39 is 0 Å². The summed E-state index contributed by atoms with van der Waals surface area (Å²) in [6.07, 6.45) is 5.27. The lowest BCUT2D eigenvalue weighted by molar-refractivity contribution is 0.646. The van der Waals surface area contributed by atoms with Crippen LogP contribution in [0.15, 0.2) is 42.9 Å². The maximum Gasteiger partial charge on any atom is 0.128 e. The van der Waals surface area contributed by atoms with E-state index in [1.165, 1.54) is 0 Å². The van der Waals surface area contributed by atoms with Crippen molar-refractivity contribution in [2.75, 3.05) is 36.0 Å². The molecule has 0 saturated carbocycles. The lowest BCUT2D eigenvalue weighted by atomic mass is 10.1. The highest BCUT2D eigenvalue weighted by atomic mass is 15.3. The van der Waals surface area contributed by atoms with Gasteiger partial charge >= 0.3 is 0 Å². The van der Waals surface area contributed by atoms with E-state index in [0.717, 1.165) is 43.2 Å². The monoisotopic (exact) mass is 282 g/mol. The number of hydrogen-bond acceptors (Lipinski definition) is 5. The van der Waals surface area contributed by atoms with E-state index in [2.05, 4.69) is 19.8 Å². The molecule has 1 saturated heterocycles. The van der Waals surface area contributed by atoms with Gasteiger partial charge in [0, 0.05) is 44.1 Å². The topological polar surface area (TPSA) is 82.1 Å². The fourth-order valence-corrected chi connectivity index (χ4v) is 2.58. The highest BCUT2D eigenvalue weighted by Crippen LogP contribution is 2.21. The fraction of sp³-hybridized carbons (Fsp3) is 0.267. The third-order valence-corrected chi connectivity index (χ3v) is 3.68. The normalized spacial score (nSPS) is 15.0. The minimum atomic E-state index is 0.0829. The van der Waals surface area contributed by atoms with E-state index in [1.54, 1.807) is 18.5 Å². The van der Waals surface area contributed by atoms with Gasteiger partial charge in [0.2, 0.25) is 0 Å². The van der Waals surface area contributed by atoms with Crippen LogP contribution in [0.25, 0.3) is 0 Å². The van der Waals surface area contributed by atoms with E-state index in [-0.39, 0.29) is 5.84 Å². The molecule has 0 spiro atoms. The van der Waals surface area contributed by atoms with E-state index >= 15 is 0 Å². The van der Waals surface area contributed by atoms with E-state index in [1.807, 2.05) is 24.4 Å². The molecule has 2 aromatic rings. The number of rotatable bonds is 3. The van der Waals surface area contributed by atoms with Crippen LogP contribution in [0.2, 0.25) is 0 Å². The Labute approximate surface area is 123 Å². The predicted molar refractivity (Wildman–Crippen MR) is 83.9 cm³/mol. The average molecular weight is 282 g/mol. The van der Waals surface area contributed by atoms with Crippen LogP contribution in [0, 0.1) is 5.41 Å². The van der Waals surface area contributed by atoms with Crippen molar-refractivity contribution in [1.82, 2.24) is 9.97 Å². The van der Waals surface area contributed by atoms with Crippen LogP contribution < -0.4 is 15.5 Å². The number of nitrogens with two attached hydrogens (primary N) is 1. The largest absolute Gasteiger partial charge is 0.384 e. The number of aromatic nitrogens is 2. The summed E-state index contributed by atoms with van der Waals surface area (Å²) >= 11 is 0. The second-order valence-electron chi connectivity index (χ2n) is 4.97. The van der Waals surface area contributed by atoms with Gasteiger partial charge in [-0.1, -0.05) is 6.07 Å². The third kappa shape index (κ3) is 2.79. The number of nitrogen functional groups attached to an aromatic ring is 1. The first-order chi connectivity index (χ1) is 10.3. The Morgan fingerprint density at radius 2 is 1.81 bits per heavy atom. The Balaban J connectivity index is 1.73. The predicted octanol–water partition coefficient (Wildman–Crippen LogP) is 1.09. The second kappa shape index (κ2) is 5.78. The average Bonchev–Trinajstić information content (AvgIpc) is 2.56. The van der Waals surface area contributed by atoms with Gasteiger partial charge in [0.1, 0.15) is 11.7 Å². The molecule has 1 aliphatic rings. The van der Waals surface area contributed by atoms with Crippen molar-refractivity contribution in [3.05, 3.63) is 48.4 Å². The number of hydrogen-bond donors (Lipinski definition) is 2. The summed E-state index contributed by atoms with van der Waals surface area (Å²) in [7, 11) is 0. The van der Waals surface area contributed by atoms with Crippen molar-refractivity contribution in [3.8, 4) is 0 Å². The maximum absolute atomic E-state index is 7.67. The van der Waals surface area contributed by atoms with E-state index in [0.29, 0.717) is 0 Å². The minimum Gasteiger partial charge on any atom is -0.384 e. The molecule has 0 aromatic carbocycles. The molecule has 0 aliphatic carbocycles. The fourth-order valence-electron chi connectivity index (χ4n) is 2.58. The zero-order valence-corrected chi connectivity index (χ0v) is 11.7. The van der Waals surface area contributed by atoms with Crippen LogP contribution in [0.4, 0.5) is 11.5 Å². The Hall–Kier alpha value is -2.63. The van der Waals surface area contributed by atoms with Crippen molar-refractivity contribution in [2.45, 2.75) is 0 Å². The van der Waals surface area contributed by atoms with E-state index in [4.69, 9.17) is 11.1 Å². The van der Waals surface area contributed by atoms with Gasteiger partial charge < -0.3 is 15.5 Å². The summed E-state index contributed by atoms with van der Waals surface area (Å²) in [6.45, 7) is 3.51. The molecule has 0 bridgehead atoms. The summed E-state index contributed by atoms with van der Waals surface area (Å²) < 4.78 is 0. The summed E-state index contributed by atoms with van der Waals surface area (Å²) in [4.78, 5) is 13.0. The summed E-state index contributed by atoms with van der Waals surface area (Å²) in [6, 6.07) is 7.75. The smallest absolute Gasteiger partial charge is 0.128 e.